The van der Waals surface area contributed by atoms with Crippen LogP contribution in [0.2, 0.25) is 0 Å². The molecule has 0 unspecified atom stereocenters. The minimum Gasteiger partial charge on any atom is -0.506 e. The summed E-state index contributed by atoms with van der Waals surface area (Å²) < 4.78 is 38.4. The number of fused-ring (bicyclic) bond motifs is 1. The molecule has 10 nitrogen and oxygen atoms in total. The van der Waals surface area contributed by atoms with Crippen molar-refractivity contribution in [3.8, 4) is 5.75 Å². The van der Waals surface area contributed by atoms with Gasteiger partial charge < -0.3 is 5.11 Å². The summed E-state index contributed by atoms with van der Waals surface area (Å²) in [5, 5.41) is 10.0. The topological polar surface area (TPSA) is 163 Å². The molecule has 0 spiro atoms. The molecular formula is C10H7N3O7S2. The van der Waals surface area contributed by atoms with Gasteiger partial charge in [-0.25, -0.2) is 0 Å². The summed E-state index contributed by atoms with van der Waals surface area (Å²) in [6, 6.07) is 5.57. The van der Waals surface area contributed by atoms with Crippen LogP contribution < -0.4 is 0 Å². The molecule has 0 aromatic heterocycles. The van der Waals surface area contributed by atoms with Crippen LogP contribution >= 0.6 is 10.6 Å². The van der Waals surface area contributed by atoms with E-state index in [9.17, 15) is 28.2 Å². The Bertz CT molecular complexity index is 875. The Morgan fingerprint density at radius 2 is 1.45 bits per heavy atom. The Morgan fingerprint density at radius 3 is 1.95 bits per heavy atom. The zero-order valence-electron chi connectivity index (χ0n) is 10.5. The number of rotatable bonds is 5. The molecule has 116 valence electrons. The molecule has 0 radical (unpaired) electrons. The van der Waals surface area contributed by atoms with Gasteiger partial charge in [-0.1, -0.05) is 6.07 Å². The quantitative estimate of drug-likeness (QED) is 0.621. The summed E-state index contributed by atoms with van der Waals surface area (Å²) in [7, 11) is -8.39. The maximum atomic E-state index is 11.1. The summed E-state index contributed by atoms with van der Waals surface area (Å²) in [6.07, 6.45) is 0. The molecule has 0 bridgehead atoms. The molecular weight excluding hydrogens is 338 g/mol. The van der Waals surface area contributed by atoms with Gasteiger partial charge in [0.2, 0.25) is 0 Å². The van der Waals surface area contributed by atoms with Crippen LogP contribution in [0.5, 0.6) is 5.75 Å². The van der Waals surface area contributed by atoms with Gasteiger partial charge in [-0.15, -0.1) is 14.7 Å². The zero-order chi connectivity index (χ0) is 16.5. The van der Waals surface area contributed by atoms with Crippen molar-refractivity contribution in [1.29, 1.82) is 0 Å². The lowest BCUT2D eigenvalue weighted by atomic mass is 10.1. The summed E-state index contributed by atoms with van der Waals surface area (Å²) >= 11 is 0. The lowest BCUT2D eigenvalue weighted by Gasteiger charge is -2.14. The van der Waals surface area contributed by atoms with E-state index in [0.29, 0.717) is 5.39 Å². The van der Waals surface area contributed by atoms with E-state index < -0.39 is 31.3 Å². The minimum absolute atomic E-state index is 0.121. The number of aromatic hydroxyl groups is 1. The molecule has 0 fully saturated rings. The van der Waals surface area contributed by atoms with Gasteiger partial charge in [-0.05, 0) is 35.0 Å². The van der Waals surface area contributed by atoms with Crippen molar-refractivity contribution in [3.05, 3.63) is 45.1 Å². The molecule has 2 N–H and O–H groups in total. The first kappa shape index (κ1) is 15.9. The average molecular weight is 345 g/mol. The molecule has 0 aliphatic rings. The molecule has 2 aromatic carbocycles. The molecule has 0 saturated heterocycles. The fourth-order valence-corrected chi connectivity index (χ4v) is 3.26. The van der Waals surface area contributed by atoms with E-state index in [-0.39, 0.29) is 10.3 Å². The van der Waals surface area contributed by atoms with E-state index in [1.54, 1.807) is 0 Å². The van der Waals surface area contributed by atoms with E-state index >= 15 is 0 Å². The third-order valence-electron chi connectivity index (χ3n) is 2.80. The normalized spacial score (nSPS) is 12.8. The van der Waals surface area contributed by atoms with Crippen LogP contribution in [-0.4, -0.2) is 18.1 Å². The third kappa shape index (κ3) is 2.54. The van der Waals surface area contributed by atoms with Crippen molar-refractivity contribution >= 4 is 31.5 Å². The SMILES string of the molecule is O=NS(N=O)(N=O)c1ccc2cc(O)c(S(=O)(=O)O)cc2c1. The maximum absolute atomic E-state index is 11.1. The van der Waals surface area contributed by atoms with E-state index in [0.717, 1.165) is 18.2 Å². The van der Waals surface area contributed by atoms with Crippen LogP contribution in [0.1, 0.15) is 0 Å². The van der Waals surface area contributed by atoms with Crippen LogP contribution in [0.25, 0.3) is 10.8 Å². The van der Waals surface area contributed by atoms with Gasteiger partial charge in [0.05, 0.1) is 4.90 Å². The predicted octanol–water partition coefficient (Wildman–Crippen LogP) is 3.00. The Morgan fingerprint density at radius 1 is 0.864 bits per heavy atom. The molecule has 2 rings (SSSR count). The molecule has 0 heterocycles. The number of hydrogen-bond acceptors (Lipinski definition) is 9. The Balaban J connectivity index is 2.79. The van der Waals surface area contributed by atoms with Crippen molar-refractivity contribution in [2.45, 2.75) is 9.79 Å². The fraction of sp³-hybridized carbons (Fsp3) is 0. The maximum Gasteiger partial charge on any atom is 0.298 e. The van der Waals surface area contributed by atoms with Gasteiger partial charge in [0.15, 0.2) is 10.6 Å². The summed E-state index contributed by atoms with van der Waals surface area (Å²) in [6.45, 7) is 0. The number of phenols is 1. The molecule has 0 amide bonds. The van der Waals surface area contributed by atoms with Gasteiger partial charge in [-0.2, -0.15) is 8.42 Å². The first-order valence-electron chi connectivity index (χ1n) is 5.39. The lowest BCUT2D eigenvalue weighted by molar-refractivity contribution is 0.444. The Kier molecular flexibility index (Phi) is 3.91. The number of nitroso groups, excluding NO2 is 3. The first-order chi connectivity index (χ1) is 10.3. The van der Waals surface area contributed by atoms with Gasteiger partial charge in [-0.3, -0.25) is 4.55 Å². The van der Waals surface area contributed by atoms with Gasteiger partial charge in [0, 0.05) is 13.7 Å². The molecule has 0 atom stereocenters. The number of phenolic OH excluding ortho intramolecular Hbond substituents is 1. The molecule has 0 saturated carbocycles. The van der Waals surface area contributed by atoms with E-state index in [4.69, 9.17) is 4.55 Å². The second kappa shape index (κ2) is 5.40. The largest absolute Gasteiger partial charge is 0.506 e. The second-order valence-corrected chi connectivity index (χ2v) is 7.39. The third-order valence-corrected chi connectivity index (χ3v) is 5.19. The second-order valence-electron chi connectivity index (χ2n) is 4.05. The average Bonchev–Trinajstić information content (AvgIpc) is 2.48. The molecule has 22 heavy (non-hydrogen) atoms. The van der Waals surface area contributed by atoms with Crippen molar-refractivity contribution in [1.82, 2.24) is 0 Å². The first-order valence-corrected chi connectivity index (χ1v) is 8.33. The van der Waals surface area contributed by atoms with Crippen LogP contribution in [0.3, 0.4) is 0 Å². The van der Waals surface area contributed by atoms with Crippen LogP contribution in [0, 0.1) is 14.7 Å². The molecule has 12 heteroatoms. The summed E-state index contributed by atoms with van der Waals surface area (Å²) in [5.74, 6) is -0.683. The van der Waals surface area contributed by atoms with E-state index in [1.165, 1.54) is 12.1 Å². The summed E-state index contributed by atoms with van der Waals surface area (Å²) in [4.78, 5) is 31.2. The highest BCUT2D eigenvalue weighted by atomic mass is 32.3. The Hall–Kier alpha value is -2.44. The predicted molar refractivity (Wildman–Crippen MR) is 78.7 cm³/mol. The smallest absolute Gasteiger partial charge is 0.298 e. The van der Waals surface area contributed by atoms with Crippen molar-refractivity contribution in [2.24, 2.45) is 13.7 Å². The lowest BCUT2D eigenvalue weighted by Crippen LogP contribution is -1.98. The standard InChI is InChI=1S/C10H7N3O7S2/c14-9-4-6-1-2-8(21(11-15,12-16)13-17)3-7(6)5-10(9)22(18,19)20/h1-5,14H,(H,18,19,20). The van der Waals surface area contributed by atoms with Crippen LogP contribution in [0.4, 0.5) is 0 Å². The van der Waals surface area contributed by atoms with Gasteiger partial charge >= 0.3 is 0 Å². The number of hydrogen-bond donors (Lipinski definition) is 2. The minimum atomic E-state index is -4.69. The Labute approximate surface area is 124 Å². The van der Waals surface area contributed by atoms with Crippen molar-refractivity contribution in [2.75, 3.05) is 0 Å². The van der Waals surface area contributed by atoms with Crippen molar-refractivity contribution in [3.63, 3.8) is 0 Å². The van der Waals surface area contributed by atoms with E-state index in [1.807, 2.05) is 0 Å². The highest BCUT2D eigenvalue weighted by Gasteiger charge is 2.31. The van der Waals surface area contributed by atoms with Crippen molar-refractivity contribution < 1.29 is 18.1 Å². The molecule has 2 aromatic rings. The van der Waals surface area contributed by atoms with Gasteiger partial charge in [0.1, 0.15) is 10.6 Å². The monoisotopic (exact) mass is 345 g/mol. The van der Waals surface area contributed by atoms with Crippen LogP contribution in [-0.2, 0) is 10.1 Å². The number of nitrogens with zero attached hydrogens (tertiary/aromatic N) is 3. The van der Waals surface area contributed by atoms with Crippen LogP contribution in [0.15, 0.2) is 53.9 Å². The van der Waals surface area contributed by atoms with Gasteiger partial charge in [0.25, 0.3) is 10.1 Å². The fourth-order valence-electron chi connectivity index (χ4n) is 1.79. The number of benzene rings is 2. The highest BCUT2D eigenvalue weighted by Crippen LogP contribution is 2.59. The summed E-state index contributed by atoms with van der Waals surface area (Å²) in [5.41, 5.74) is 0. The molecule has 0 aliphatic heterocycles. The highest BCUT2D eigenvalue weighted by molar-refractivity contribution is 8.30. The zero-order valence-corrected chi connectivity index (χ0v) is 12.1. The van der Waals surface area contributed by atoms with E-state index in [2.05, 4.69) is 13.7 Å². The molecule has 0 aliphatic carbocycles.